The lowest BCUT2D eigenvalue weighted by Crippen LogP contribution is -2.14. The smallest absolute Gasteiger partial charge is 0.335 e. The lowest BCUT2D eigenvalue weighted by atomic mass is 9.94. The van der Waals surface area contributed by atoms with Crippen LogP contribution in [0.2, 0.25) is 0 Å². The third-order valence-corrected chi connectivity index (χ3v) is 5.96. The van der Waals surface area contributed by atoms with Crippen molar-refractivity contribution >= 4 is 27.9 Å². The molecule has 0 atom stereocenters. The van der Waals surface area contributed by atoms with Gasteiger partial charge in [-0.05, 0) is 62.2 Å². The van der Waals surface area contributed by atoms with Crippen LogP contribution in [0.1, 0.15) is 81.9 Å². The number of pyridine rings is 1. The van der Waals surface area contributed by atoms with Gasteiger partial charge in [-0.15, -0.1) is 0 Å². The number of carboxylic acid groups (broad SMARTS) is 1. The average Bonchev–Trinajstić information content (AvgIpc) is 3.25. The summed E-state index contributed by atoms with van der Waals surface area (Å²) in [6, 6.07) is 16.1. The van der Waals surface area contributed by atoms with E-state index in [4.69, 9.17) is 4.98 Å². The van der Waals surface area contributed by atoms with Gasteiger partial charge >= 0.3 is 5.97 Å². The van der Waals surface area contributed by atoms with E-state index in [0.29, 0.717) is 6.04 Å². The Morgan fingerprint density at radius 1 is 0.879 bits per heavy atom. The zero-order valence-electron chi connectivity index (χ0n) is 20.4. The van der Waals surface area contributed by atoms with Crippen LogP contribution in [0.15, 0.2) is 48.5 Å². The SMILES string of the molecule is CC.CC.Cc1ccc2cc(-c3nc4cc(C(=O)O)ccc4n3C3CCCCC3)ccc2n1. The zero-order valence-corrected chi connectivity index (χ0v) is 20.4. The Bertz CT molecular complexity index is 1240. The Hall–Kier alpha value is -3.21. The molecule has 5 heteroatoms. The molecule has 1 N–H and O–H groups in total. The van der Waals surface area contributed by atoms with Crippen LogP contribution in [0.4, 0.5) is 0 Å². The van der Waals surface area contributed by atoms with Gasteiger partial charge in [-0.1, -0.05) is 53.0 Å². The van der Waals surface area contributed by atoms with Crippen LogP contribution < -0.4 is 0 Å². The van der Waals surface area contributed by atoms with Crippen molar-refractivity contribution in [2.45, 2.75) is 72.8 Å². The number of benzene rings is 2. The van der Waals surface area contributed by atoms with Gasteiger partial charge in [-0.25, -0.2) is 9.78 Å². The van der Waals surface area contributed by atoms with Gasteiger partial charge in [-0.3, -0.25) is 4.98 Å². The highest BCUT2D eigenvalue weighted by Crippen LogP contribution is 2.36. The summed E-state index contributed by atoms with van der Waals surface area (Å²) in [7, 11) is 0. The van der Waals surface area contributed by atoms with Gasteiger partial charge in [-0.2, -0.15) is 0 Å². The van der Waals surface area contributed by atoms with Crippen molar-refractivity contribution in [1.29, 1.82) is 0 Å². The number of nitrogens with zero attached hydrogens (tertiary/aromatic N) is 3. The van der Waals surface area contributed by atoms with Gasteiger partial charge in [0.25, 0.3) is 0 Å². The molecule has 1 fully saturated rings. The molecule has 2 aromatic carbocycles. The Balaban J connectivity index is 0.000000728. The Morgan fingerprint density at radius 3 is 2.30 bits per heavy atom. The molecule has 5 rings (SSSR count). The first-order chi connectivity index (χ1) is 16.1. The van der Waals surface area contributed by atoms with Crippen molar-refractivity contribution in [3.63, 3.8) is 0 Å². The Kier molecular flexibility index (Phi) is 8.21. The van der Waals surface area contributed by atoms with Gasteiger partial charge in [0, 0.05) is 22.7 Å². The maximum Gasteiger partial charge on any atom is 0.335 e. The van der Waals surface area contributed by atoms with E-state index < -0.39 is 5.97 Å². The highest BCUT2D eigenvalue weighted by molar-refractivity contribution is 5.94. The number of hydrogen-bond acceptors (Lipinski definition) is 3. The van der Waals surface area contributed by atoms with E-state index in [1.165, 1.54) is 19.3 Å². The molecule has 0 aliphatic heterocycles. The first-order valence-electron chi connectivity index (χ1n) is 12.2. The molecule has 0 saturated heterocycles. The molecule has 0 radical (unpaired) electrons. The number of aryl methyl sites for hydroxylation is 1. The fraction of sp³-hybridized carbons (Fsp3) is 0.393. The van der Waals surface area contributed by atoms with E-state index in [9.17, 15) is 9.90 Å². The monoisotopic (exact) mass is 445 g/mol. The molecule has 1 saturated carbocycles. The predicted molar refractivity (Wildman–Crippen MR) is 137 cm³/mol. The minimum Gasteiger partial charge on any atom is -0.478 e. The van der Waals surface area contributed by atoms with Gasteiger partial charge in [0.05, 0.1) is 22.1 Å². The first kappa shape index (κ1) is 24.4. The summed E-state index contributed by atoms with van der Waals surface area (Å²) >= 11 is 0. The van der Waals surface area contributed by atoms with Crippen LogP contribution in [-0.2, 0) is 0 Å². The number of fused-ring (bicyclic) bond motifs is 2. The lowest BCUT2D eigenvalue weighted by Gasteiger charge is -2.25. The molecule has 5 nitrogen and oxygen atoms in total. The number of rotatable bonds is 3. The highest BCUT2D eigenvalue weighted by Gasteiger charge is 2.23. The minimum atomic E-state index is -0.923. The summed E-state index contributed by atoms with van der Waals surface area (Å²) < 4.78 is 2.34. The minimum absolute atomic E-state index is 0.274. The molecule has 0 amide bonds. The quantitative estimate of drug-likeness (QED) is 0.349. The van der Waals surface area contributed by atoms with Crippen LogP contribution in [0.25, 0.3) is 33.3 Å². The highest BCUT2D eigenvalue weighted by atomic mass is 16.4. The molecule has 4 aromatic rings. The summed E-state index contributed by atoms with van der Waals surface area (Å²) in [4.78, 5) is 20.9. The molecular formula is C28H35N3O2. The van der Waals surface area contributed by atoms with Crippen LogP contribution >= 0.6 is 0 Å². The molecule has 2 heterocycles. The molecule has 2 aromatic heterocycles. The van der Waals surface area contributed by atoms with E-state index in [1.807, 2.05) is 52.8 Å². The summed E-state index contributed by atoms with van der Waals surface area (Å²) in [6.07, 6.45) is 5.99. The number of aromatic nitrogens is 3. The van der Waals surface area contributed by atoms with Crippen molar-refractivity contribution in [2.24, 2.45) is 0 Å². The normalized spacial score (nSPS) is 13.7. The fourth-order valence-corrected chi connectivity index (χ4v) is 4.51. The number of imidazole rings is 1. The summed E-state index contributed by atoms with van der Waals surface area (Å²) in [5.74, 6) is -0.00951. The molecule has 174 valence electrons. The number of carboxylic acids is 1. The molecule has 0 unspecified atom stereocenters. The van der Waals surface area contributed by atoms with Crippen molar-refractivity contribution in [3.8, 4) is 11.4 Å². The zero-order chi connectivity index (χ0) is 24.0. The summed E-state index contributed by atoms with van der Waals surface area (Å²) in [6.45, 7) is 10.00. The summed E-state index contributed by atoms with van der Waals surface area (Å²) in [5.41, 5.74) is 5.05. The summed E-state index contributed by atoms with van der Waals surface area (Å²) in [5, 5.41) is 10.5. The van der Waals surface area contributed by atoms with Gasteiger partial charge in [0.2, 0.25) is 0 Å². The van der Waals surface area contributed by atoms with Crippen molar-refractivity contribution < 1.29 is 9.90 Å². The van der Waals surface area contributed by atoms with Crippen molar-refractivity contribution in [2.75, 3.05) is 0 Å². The molecular weight excluding hydrogens is 410 g/mol. The van der Waals surface area contributed by atoms with E-state index >= 15 is 0 Å². The largest absolute Gasteiger partial charge is 0.478 e. The first-order valence-corrected chi connectivity index (χ1v) is 12.2. The fourth-order valence-electron chi connectivity index (χ4n) is 4.51. The topological polar surface area (TPSA) is 68.0 Å². The predicted octanol–water partition coefficient (Wildman–Crippen LogP) is 7.82. The van der Waals surface area contributed by atoms with Crippen molar-refractivity contribution in [3.05, 3.63) is 59.8 Å². The van der Waals surface area contributed by atoms with Crippen molar-refractivity contribution in [1.82, 2.24) is 14.5 Å². The second-order valence-electron chi connectivity index (χ2n) is 7.97. The number of hydrogen-bond donors (Lipinski definition) is 1. The number of aromatic carboxylic acids is 1. The number of carbonyl (C=O) groups is 1. The van der Waals surface area contributed by atoms with Gasteiger partial charge < -0.3 is 9.67 Å². The van der Waals surface area contributed by atoms with E-state index in [2.05, 4.69) is 27.8 Å². The van der Waals surface area contributed by atoms with Crippen LogP contribution in [-0.4, -0.2) is 25.6 Å². The molecule has 1 aliphatic carbocycles. The molecule has 0 spiro atoms. The third kappa shape index (κ3) is 5.08. The Labute approximate surface area is 196 Å². The third-order valence-electron chi connectivity index (χ3n) is 5.96. The molecule has 1 aliphatic rings. The lowest BCUT2D eigenvalue weighted by molar-refractivity contribution is 0.0697. The van der Waals surface area contributed by atoms with E-state index in [0.717, 1.165) is 51.9 Å². The van der Waals surface area contributed by atoms with Gasteiger partial charge in [0.15, 0.2) is 0 Å². The van der Waals surface area contributed by atoms with Crippen LogP contribution in [0.3, 0.4) is 0 Å². The van der Waals surface area contributed by atoms with Crippen LogP contribution in [0, 0.1) is 6.92 Å². The maximum atomic E-state index is 11.4. The second kappa shape index (κ2) is 11.1. The van der Waals surface area contributed by atoms with E-state index in [-0.39, 0.29) is 5.56 Å². The standard InChI is InChI=1S/C24H23N3O2.2C2H6/c1-15-7-8-16-13-17(9-11-20(16)25-15)23-26-21-14-18(24(28)29)10-12-22(21)27(23)19-5-3-2-4-6-19;2*1-2/h7-14,19H,2-6H2,1H3,(H,28,29);2*1-2H3. The Morgan fingerprint density at radius 2 is 1.61 bits per heavy atom. The van der Waals surface area contributed by atoms with Gasteiger partial charge in [0.1, 0.15) is 5.82 Å². The maximum absolute atomic E-state index is 11.4. The molecule has 0 bridgehead atoms. The van der Waals surface area contributed by atoms with E-state index in [1.54, 1.807) is 12.1 Å². The average molecular weight is 446 g/mol. The van der Waals surface area contributed by atoms with Crippen LogP contribution in [0.5, 0.6) is 0 Å². The second-order valence-corrected chi connectivity index (χ2v) is 7.97. The molecule has 33 heavy (non-hydrogen) atoms.